The molecule has 0 aliphatic carbocycles. The van der Waals surface area contributed by atoms with Gasteiger partial charge in [0, 0.05) is 32.4 Å². The van der Waals surface area contributed by atoms with Crippen molar-refractivity contribution in [3.63, 3.8) is 0 Å². The van der Waals surface area contributed by atoms with Gasteiger partial charge in [-0.3, -0.25) is 0 Å². The van der Waals surface area contributed by atoms with Crippen LogP contribution < -0.4 is 9.47 Å². The van der Waals surface area contributed by atoms with Crippen molar-refractivity contribution in [1.29, 1.82) is 0 Å². The van der Waals surface area contributed by atoms with Crippen LogP contribution in [0.4, 0.5) is 0 Å². The molecule has 0 aliphatic heterocycles. The average molecular weight is 767 g/mol. The Kier molecular flexibility index (Phi) is 11.4. The molecule has 8 rings (SSSR count). The van der Waals surface area contributed by atoms with Crippen LogP contribution in [0, 0.1) is 0 Å². The van der Waals surface area contributed by atoms with Crippen LogP contribution in [0.15, 0.2) is 214 Å². The summed E-state index contributed by atoms with van der Waals surface area (Å²) in [7, 11) is 0. The Bertz CT molecular complexity index is 2320. The highest BCUT2D eigenvalue weighted by atomic mass is 32.2. The molecule has 0 aliphatic rings. The van der Waals surface area contributed by atoms with E-state index in [1.165, 1.54) is 20.9 Å². The van der Waals surface area contributed by atoms with Gasteiger partial charge >= 0.3 is 0 Å². The monoisotopic (exact) mass is 766 g/mol. The number of rotatable bonds is 13. The summed E-state index contributed by atoms with van der Waals surface area (Å²) in [4.78, 5) is 4.62. The molecule has 0 saturated carbocycles. The predicted molar refractivity (Wildman–Crippen MR) is 228 cm³/mol. The van der Waals surface area contributed by atoms with E-state index < -0.39 is 0 Å². The number of aromatic hydroxyl groups is 2. The highest BCUT2D eigenvalue weighted by molar-refractivity contribution is 7.99. The molecule has 0 saturated heterocycles. The Balaban J connectivity index is 0.802. The van der Waals surface area contributed by atoms with Crippen molar-refractivity contribution in [3.8, 4) is 45.6 Å². The molecule has 56 heavy (non-hydrogen) atoms. The Hall–Kier alpha value is -6.34. The summed E-state index contributed by atoms with van der Waals surface area (Å²) in [6.07, 6.45) is 1.34. The Morgan fingerprint density at radius 2 is 0.607 bits per heavy atom. The molecule has 0 bridgehead atoms. The third-order valence-electron chi connectivity index (χ3n) is 9.25. The second-order valence-electron chi connectivity index (χ2n) is 13.3. The highest BCUT2D eigenvalue weighted by Gasteiger charge is 2.07. The van der Waals surface area contributed by atoms with Gasteiger partial charge < -0.3 is 19.7 Å². The fraction of sp³-hybridized carbons (Fsp3) is 0.0400. The fourth-order valence-electron chi connectivity index (χ4n) is 6.24. The normalized spacial score (nSPS) is 10.9. The van der Waals surface area contributed by atoms with Crippen molar-refractivity contribution in [2.45, 2.75) is 32.4 Å². The number of phenols is 2. The minimum absolute atomic E-state index is 0.316. The minimum Gasteiger partial charge on any atom is -0.508 e. The van der Waals surface area contributed by atoms with Gasteiger partial charge in [-0.2, -0.15) is 0 Å². The lowest BCUT2D eigenvalue weighted by Gasteiger charge is -2.09. The first-order chi connectivity index (χ1) is 27.5. The average Bonchev–Trinajstić information content (AvgIpc) is 3.23. The molecule has 0 amide bonds. The molecule has 0 atom stereocenters. The van der Waals surface area contributed by atoms with Crippen LogP contribution in [-0.2, 0) is 12.8 Å². The summed E-state index contributed by atoms with van der Waals surface area (Å²) in [6.45, 7) is 0. The highest BCUT2D eigenvalue weighted by Crippen LogP contribution is 2.35. The Morgan fingerprint density at radius 1 is 0.321 bits per heavy atom. The van der Waals surface area contributed by atoms with Crippen LogP contribution in [0.25, 0.3) is 11.1 Å². The molecule has 0 spiro atoms. The van der Waals surface area contributed by atoms with Crippen molar-refractivity contribution < 1.29 is 19.7 Å². The first kappa shape index (κ1) is 36.6. The summed E-state index contributed by atoms with van der Waals surface area (Å²) < 4.78 is 12.2. The predicted octanol–water partition coefficient (Wildman–Crippen LogP) is 13.8. The summed E-state index contributed by atoms with van der Waals surface area (Å²) in [5.41, 5.74) is 6.38. The molecule has 0 fully saturated rings. The van der Waals surface area contributed by atoms with E-state index >= 15 is 0 Å². The van der Waals surface area contributed by atoms with Gasteiger partial charge in [-0.1, -0.05) is 108 Å². The number of benzene rings is 8. The standard InChI is InChI=1S/C50H38O4S2/c51-49-7-3-1-5-39(49)33-35-9-17-41(18-10-35)53-43-21-29-47(30-22-43)55-45-25-13-37(14-26-45)38-15-27-46(28-16-38)56-48-31-23-44(24-32-48)54-42-19-11-36(12-20-42)34-40-6-2-4-8-50(40)52/h1-32,51-52H,33-34H2. The van der Waals surface area contributed by atoms with Crippen molar-refractivity contribution in [3.05, 3.63) is 216 Å². The van der Waals surface area contributed by atoms with Gasteiger partial charge in [0.05, 0.1) is 0 Å². The summed E-state index contributed by atoms with van der Waals surface area (Å²) >= 11 is 3.44. The van der Waals surface area contributed by atoms with Gasteiger partial charge in [-0.15, -0.1) is 0 Å². The molecular weight excluding hydrogens is 729 g/mol. The third kappa shape index (κ3) is 9.66. The smallest absolute Gasteiger partial charge is 0.127 e. The van der Waals surface area contributed by atoms with E-state index in [2.05, 4.69) is 72.8 Å². The maximum Gasteiger partial charge on any atom is 0.127 e. The second-order valence-corrected chi connectivity index (χ2v) is 15.6. The van der Waals surface area contributed by atoms with E-state index in [0.717, 1.165) is 55.0 Å². The van der Waals surface area contributed by atoms with Crippen LogP contribution in [0.2, 0.25) is 0 Å². The lowest BCUT2D eigenvalue weighted by Crippen LogP contribution is -1.89. The van der Waals surface area contributed by atoms with E-state index in [9.17, 15) is 10.2 Å². The van der Waals surface area contributed by atoms with Crippen LogP contribution in [-0.4, -0.2) is 10.2 Å². The molecule has 2 N–H and O–H groups in total. The molecule has 8 aromatic rings. The Labute approximate surface area is 336 Å². The number of para-hydroxylation sites is 2. The molecule has 0 radical (unpaired) electrons. The first-order valence-corrected chi connectivity index (χ1v) is 20.0. The zero-order valence-electron chi connectivity index (χ0n) is 30.4. The van der Waals surface area contributed by atoms with E-state index in [-0.39, 0.29) is 0 Å². The lowest BCUT2D eigenvalue weighted by atomic mass is 10.0. The molecule has 274 valence electrons. The van der Waals surface area contributed by atoms with Crippen molar-refractivity contribution >= 4 is 23.5 Å². The molecule has 6 heteroatoms. The van der Waals surface area contributed by atoms with E-state index in [4.69, 9.17) is 9.47 Å². The zero-order chi connectivity index (χ0) is 38.1. The van der Waals surface area contributed by atoms with E-state index in [1.807, 2.05) is 109 Å². The topological polar surface area (TPSA) is 58.9 Å². The molecule has 0 aromatic heterocycles. The maximum absolute atomic E-state index is 10.1. The van der Waals surface area contributed by atoms with Gasteiger partial charge in [0.2, 0.25) is 0 Å². The molecule has 8 aromatic carbocycles. The number of hydrogen-bond acceptors (Lipinski definition) is 6. The summed E-state index contributed by atoms with van der Waals surface area (Å²) in [5, 5.41) is 20.1. The summed E-state index contributed by atoms with van der Waals surface area (Å²) in [6, 6.07) is 64.5. The molecular formula is C50H38O4S2. The first-order valence-electron chi connectivity index (χ1n) is 18.3. The van der Waals surface area contributed by atoms with Gasteiger partial charge in [-0.05, 0) is 143 Å². The van der Waals surface area contributed by atoms with E-state index in [0.29, 0.717) is 24.3 Å². The van der Waals surface area contributed by atoms with Gasteiger partial charge in [0.25, 0.3) is 0 Å². The minimum atomic E-state index is 0.316. The second kappa shape index (κ2) is 17.4. The largest absolute Gasteiger partial charge is 0.508 e. The lowest BCUT2D eigenvalue weighted by molar-refractivity contribution is 0.469. The fourth-order valence-corrected chi connectivity index (χ4v) is 7.87. The van der Waals surface area contributed by atoms with Gasteiger partial charge in [0.1, 0.15) is 34.5 Å². The van der Waals surface area contributed by atoms with Crippen LogP contribution in [0.5, 0.6) is 34.5 Å². The van der Waals surface area contributed by atoms with Gasteiger partial charge in [0.15, 0.2) is 0 Å². The molecule has 4 nitrogen and oxygen atoms in total. The maximum atomic E-state index is 10.1. The number of ether oxygens (including phenoxy) is 2. The van der Waals surface area contributed by atoms with E-state index in [1.54, 1.807) is 35.7 Å². The Morgan fingerprint density at radius 3 is 0.929 bits per heavy atom. The van der Waals surface area contributed by atoms with Crippen LogP contribution in [0.3, 0.4) is 0 Å². The molecule has 0 unspecified atom stereocenters. The summed E-state index contributed by atoms with van der Waals surface area (Å²) in [5.74, 6) is 3.75. The third-order valence-corrected chi connectivity index (χ3v) is 11.3. The van der Waals surface area contributed by atoms with Crippen molar-refractivity contribution in [2.75, 3.05) is 0 Å². The molecule has 0 heterocycles. The van der Waals surface area contributed by atoms with Crippen molar-refractivity contribution in [2.24, 2.45) is 0 Å². The number of hydrogen-bond donors (Lipinski definition) is 2. The zero-order valence-corrected chi connectivity index (χ0v) is 32.0. The van der Waals surface area contributed by atoms with Crippen LogP contribution in [0.1, 0.15) is 22.3 Å². The van der Waals surface area contributed by atoms with Crippen LogP contribution >= 0.6 is 23.5 Å². The van der Waals surface area contributed by atoms with Gasteiger partial charge in [-0.25, -0.2) is 0 Å². The van der Waals surface area contributed by atoms with Crippen molar-refractivity contribution in [1.82, 2.24) is 0 Å². The SMILES string of the molecule is Oc1ccccc1Cc1ccc(Oc2ccc(Sc3ccc(-c4ccc(Sc5ccc(Oc6ccc(Cc7ccccc7O)cc6)cc5)cc4)cc3)cc2)cc1. The number of phenolic OH excluding ortho intramolecular Hbond substituents is 2. The quantitative estimate of drug-likeness (QED) is 0.122.